The number of fused-ring (bicyclic) bond motifs is 6. The zero-order valence-electron chi connectivity index (χ0n) is 11.3. The van der Waals surface area contributed by atoms with Gasteiger partial charge in [-0.2, -0.15) is 4.58 Å². The highest BCUT2D eigenvalue weighted by molar-refractivity contribution is 6.19. The van der Waals surface area contributed by atoms with Crippen molar-refractivity contribution >= 4 is 39.6 Å². The summed E-state index contributed by atoms with van der Waals surface area (Å²) in [5.74, 6) is 0. The van der Waals surface area contributed by atoms with Gasteiger partial charge in [-0.3, -0.25) is 0 Å². The van der Waals surface area contributed by atoms with Crippen molar-refractivity contribution in [2.45, 2.75) is 6.92 Å². The third kappa shape index (κ3) is 1.42. The Morgan fingerprint density at radius 3 is 2.10 bits per heavy atom. The zero-order valence-corrected chi connectivity index (χ0v) is 11.3. The molecule has 20 heavy (non-hydrogen) atoms. The molecule has 0 saturated heterocycles. The second kappa shape index (κ2) is 3.94. The van der Waals surface area contributed by atoms with Crippen LogP contribution in [0.15, 0.2) is 60.4 Å². The van der Waals surface area contributed by atoms with Crippen LogP contribution in [0.5, 0.6) is 0 Å². The van der Waals surface area contributed by atoms with Crippen molar-refractivity contribution in [3.05, 3.63) is 65.7 Å². The van der Waals surface area contributed by atoms with Crippen LogP contribution in [-0.2, 0) is 0 Å². The second-order valence-electron chi connectivity index (χ2n) is 5.14. The Labute approximate surface area is 117 Å². The van der Waals surface area contributed by atoms with E-state index in [1.165, 1.54) is 21.5 Å². The van der Waals surface area contributed by atoms with Gasteiger partial charge in [0, 0.05) is 0 Å². The summed E-state index contributed by atoms with van der Waals surface area (Å²) in [6.45, 7) is 6.15. The van der Waals surface area contributed by atoms with Crippen molar-refractivity contribution in [1.82, 2.24) is 0 Å². The fourth-order valence-corrected chi connectivity index (χ4v) is 3.00. The van der Waals surface area contributed by atoms with Gasteiger partial charge in [0.05, 0.1) is 5.39 Å². The van der Waals surface area contributed by atoms with Crippen LogP contribution >= 0.6 is 0 Å². The molecule has 0 spiro atoms. The van der Waals surface area contributed by atoms with Crippen LogP contribution in [0.3, 0.4) is 0 Å². The standard InChI is InChI=1S/C18H14N2/c1-12-11-20(2)18-16-10-6-4-8-14(16)13-7-3-5-9-15(13)17(18)19-12/h3-11H,2H2,1H3. The lowest BCUT2D eigenvalue weighted by atomic mass is 9.97. The van der Waals surface area contributed by atoms with E-state index in [1.807, 2.05) is 17.7 Å². The normalized spacial score (nSPS) is 14.1. The molecule has 0 aromatic heterocycles. The van der Waals surface area contributed by atoms with E-state index in [0.717, 1.165) is 17.1 Å². The summed E-state index contributed by atoms with van der Waals surface area (Å²) in [6, 6.07) is 16.9. The van der Waals surface area contributed by atoms with Crippen LogP contribution < -0.4 is 0 Å². The molecule has 2 heteroatoms. The molecule has 0 amide bonds. The summed E-state index contributed by atoms with van der Waals surface area (Å²) in [7, 11) is 0. The molecular weight excluding hydrogens is 244 g/mol. The lowest BCUT2D eigenvalue weighted by molar-refractivity contribution is -0.348. The van der Waals surface area contributed by atoms with Crippen molar-refractivity contribution in [2.75, 3.05) is 0 Å². The molecule has 2 nitrogen and oxygen atoms in total. The van der Waals surface area contributed by atoms with Gasteiger partial charge in [0.1, 0.15) is 6.72 Å². The molecule has 1 heterocycles. The maximum Gasteiger partial charge on any atom is 0.203 e. The molecule has 0 N–H and O–H groups in total. The Morgan fingerprint density at radius 2 is 1.40 bits per heavy atom. The van der Waals surface area contributed by atoms with Crippen LogP contribution in [0.4, 0.5) is 11.4 Å². The molecule has 0 bridgehead atoms. The summed E-state index contributed by atoms with van der Waals surface area (Å²) < 4.78 is 1.94. The Balaban J connectivity index is 2.29. The molecule has 0 aliphatic carbocycles. The SMILES string of the molecule is C=[N+]1C=C(C)[N-]c2c1c1ccccc1c1ccccc21. The van der Waals surface area contributed by atoms with Gasteiger partial charge in [-0.05, 0) is 22.2 Å². The number of nitrogens with zero attached hydrogens (tertiary/aromatic N) is 2. The van der Waals surface area contributed by atoms with Gasteiger partial charge >= 0.3 is 0 Å². The van der Waals surface area contributed by atoms with Crippen molar-refractivity contribution < 1.29 is 4.58 Å². The Bertz CT molecular complexity index is 904. The van der Waals surface area contributed by atoms with E-state index >= 15 is 0 Å². The highest BCUT2D eigenvalue weighted by Crippen LogP contribution is 2.48. The highest BCUT2D eigenvalue weighted by Gasteiger charge is 2.18. The third-order valence-electron chi connectivity index (χ3n) is 3.80. The molecule has 96 valence electrons. The monoisotopic (exact) mass is 258 g/mol. The van der Waals surface area contributed by atoms with Gasteiger partial charge in [-0.25, -0.2) is 0 Å². The van der Waals surface area contributed by atoms with E-state index in [-0.39, 0.29) is 0 Å². The topological polar surface area (TPSA) is 17.1 Å². The number of hydrogen-bond donors (Lipinski definition) is 0. The molecule has 1 aliphatic heterocycles. The first-order valence-electron chi connectivity index (χ1n) is 6.69. The average molecular weight is 258 g/mol. The quantitative estimate of drug-likeness (QED) is 0.388. The first-order chi connectivity index (χ1) is 9.75. The van der Waals surface area contributed by atoms with Crippen molar-refractivity contribution in [3.8, 4) is 0 Å². The summed E-state index contributed by atoms with van der Waals surface area (Å²) >= 11 is 0. The van der Waals surface area contributed by atoms with Gasteiger partial charge in [-0.1, -0.05) is 60.8 Å². The van der Waals surface area contributed by atoms with Gasteiger partial charge in [0.25, 0.3) is 0 Å². The van der Waals surface area contributed by atoms with Crippen molar-refractivity contribution in [2.24, 2.45) is 0 Å². The van der Waals surface area contributed by atoms with Crippen LogP contribution in [0.1, 0.15) is 6.92 Å². The minimum atomic E-state index is 0.980. The summed E-state index contributed by atoms with van der Waals surface area (Å²) in [5, 5.41) is 9.63. The Morgan fingerprint density at radius 1 is 0.850 bits per heavy atom. The number of rotatable bonds is 0. The summed E-state index contributed by atoms with van der Waals surface area (Å²) in [4.78, 5) is 0. The minimum absolute atomic E-state index is 0.980. The summed E-state index contributed by atoms with van der Waals surface area (Å²) in [5.41, 5.74) is 3.09. The molecule has 3 aromatic rings. The second-order valence-corrected chi connectivity index (χ2v) is 5.14. The predicted molar refractivity (Wildman–Crippen MR) is 85.3 cm³/mol. The molecule has 0 saturated carbocycles. The van der Waals surface area contributed by atoms with E-state index in [0.29, 0.717) is 0 Å². The molecule has 0 fully saturated rings. The summed E-state index contributed by atoms with van der Waals surface area (Å²) in [6.07, 6.45) is 1.98. The maximum atomic E-state index is 4.75. The molecule has 0 atom stereocenters. The minimum Gasteiger partial charge on any atom is -0.651 e. The highest BCUT2D eigenvalue weighted by atomic mass is 15.1. The van der Waals surface area contributed by atoms with Crippen LogP contribution in [0, 0.1) is 0 Å². The van der Waals surface area contributed by atoms with E-state index < -0.39 is 0 Å². The average Bonchev–Trinajstić information content (AvgIpc) is 2.47. The van der Waals surface area contributed by atoms with E-state index in [2.05, 4.69) is 55.2 Å². The van der Waals surface area contributed by atoms with Gasteiger partial charge < -0.3 is 5.32 Å². The largest absolute Gasteiger partial charge is 0.651 e. The fraction of sp³-hybridized carbons (Fsp3) is 0.0556. The molecular formula is C18H14N2. The third-order valence-corrected chi connectivity index (χ3v) is 3.80. The van der Waals surface area contributed by atoms with Crippen LogP contribution in [0.25, 0.3) is 26.9 Å². The smallest absolute Gasteiger partial charge is 0.203 e. The Hall–Kier alpha value is -2.61. The Kier molecular flexibility index (Phi) is 2.21. The van der Waals surface area contributed by atoms with Gasteiger partial charge in [0.15, 0.2) is 6.20 Å². The van der Waals surface area contributed by atoms with Crippen molar-refractivity contribution in [3.63, 3.8) is 0 Å². The van der Waals surface area contributed by atoms with Crippen molar-refractivity contribution in [1.29, 1.82) is 0 Å². The first-order valence-corrected chi connectivity index (χ1v) is 6.69. The van der Waals surface area contributed by atoms with E-state index in [1.54, 1.807) is 0 Å². The molecule has 3 aromatic carbocycles. The van der Waals surface area contributed by atoms with Crippen LogP contribution in [0.2, 0.25) is 0 Å². The number of hydrogen-bond acceptors (Lipinski definition) is 0. The lowest BCUT2D eigenvalue weighted by Gasteiger charge is -2.29. The lowest BCUT2D eigenvalue weighted by Crippen LogP contribution is -2.01. The predicted octanol–water partition coefficient (Wildman–Crippen LogP) is 5.22. The molecule has 4 rings (SSSR count). The first kappa shape index (κ1) is 11.2. The van der Waals surface area contributed by atoms with Gasteiger partial charge in [0.2, 0.25) is 5.69 Å². The van der Waals surface area contributed by atoms with Gasteiger partial charge in [-0.15, -0.1) is 0 Å². The van der Waals surface area contributed by atoms with E-state index in [9.17, 15) is 0 Å². The zero-order chi connectivity index (χ0) is 13.7. The maximum absolute atomic E-state index is 4.75. The molecule has 0 radical (unpaired) electrons. The molecule has 1 aliphatic rings. The van der Waals surface area contributed by atoms with E-state index in [4.69, 9.17) is 5.32 Å². The fourth-order valence-electron chi connectivity index (χ4n) is 3.00. The molecule has 0 unspecified atom stereocenters. The number of benzene rings is 3. The number of allylic oxidation sites excluding steroid dienone is 1. The van der Waals surface area contributed by atoms with Crippen LogP contribution in [-0.4, -0.2) is 11.3 Å².